The number of nitrogens with one attached hydrogen (secondary N) is 1. The summed E-state index contributed by atoms with van der Waals surface area (Å²) in [5.41, 5.74) is -0.0000665. The summed E-state index contributed by atoms with van der Waals surface area (Å²) in [7, 11) is 1.54. The highest BCUT2D eigenvalue weighted by Crippen LogP contribution is 2.32. The van der Waals surface area contributed by atoms with Crippen LogP contribution in [-0.4, -0.2) is 55.5 Å². The fourth-order valence-corrected chi connectivity index (χ4v) is 2.85. The van der Waals surface area contributed by atoms with Crippen LogP contribution < -0.4 is 20.4 Å². The van der Waals surface area contributed by atoms with Gasteiger partial charge < -0.3 is 29.2 Å². The van der Waals surface area contributed by atoms with E-state index in [0.717, 1.165) is 5.39 Å². The zero-order valence-corrected chi connectivity index (χ0v) is 13.9. The lowest BCUT2D eigenvalue weighted by Crippen LogP contribution is -2.52. The Morgan fingerprint density at radius 2 is 2.24 bits per heavy atom. The van der Waals surface area contributed by atoms with Crippen molar-refractivity contribution in [3.05, 3.63) is 34.7 Å². The topological polar surface area (TPSA) is 101 Å². The zero-order valence-electron chi connectivity index (χ0n) is 13.9. The van der Waals surface area contributed by atoms with Gasteiger partial charge in [-0.2, -0.15) is 0 Å². The van der Waals surface area contributed by atoms with Gasteiger partial charge in [0, 0.05) is 43.2 Å². The van der Waals surface area contributed by atoms with E-state index in [2.05, 4.69) is 5.32 Å². The molecule has 0 aliphatic carbocycles. The predicted octanol–water partition coefficient (Wildman–Crippen LogP) is 1.52. The molecule has 0 spiro atoms. The van der Waals surface area contributed by atoms with E-state index in [0.29, 0.717) is 49.7 Å². The van der Waals surface area contributed by atoms with Gasteiger partial charge in [-0.1, -0.05) is 0 Å². The maximum Gasteiger partial charge on any atom is 0.407 e. The van der Waals surface area contributed by atoms with Gasteiger partial charge in [0.25, 0.3) is 0 Å². The van der Waals surface area contributed by atoms with E-state index < -0.39 is 11.7 Å². The van der Waals surface area contributed by atoms with Crippen LogP contribution >= 0.6 is 0 Å². The van der Waals surface area contributed by atoms with Gasteiger partial charge in [-0.3, -0.25) is 0 Å². The van der Waals surface area contributed by atoms with Gasteiger partial charge >= 0.3 is 11.7 Å². The number of nitrogens with zero attached hydrogens (tertiary/aromatic N) is 1. The van der Waals surface area contributed by atoms with Gasteiger partial charge in [-0.15, -0.1) is 0 Å². The van der Waals surface area contributed by atoms with Crippen LogP contribution in [-0.2, 0) is 0 Å². The summed E-state index contributed by atoms with van der Waals surface area (Å²) in [5.74, 6) is 1.03. The van der Waals surface area contributed by atoms with E-state index in [9.17, 15) is 9.59 Å². The van der Waals surface area contributed by atoms with E-state index in [1.165, 1.54) is 11.0 Å². The summed E-state index contributed by atoms with van der Waals surface area (Å²) in [5, 5.41) is 13.1. The molecule has 2 N–H and O–H groups in total. The Balaban J connectivity index is 1.66. The minimum absolute atomic E-state index is 0.0363. The first kappa shape index (κ1) is 17.1. The van der Waals surface area contributed by atoms with Crippen LogP contribution in [0.2, 0.25) is 0 Å². The Labute approximate surface area is 143 Å². The summed E-state index contributed by atoms with van der Waals surface area (Å²) in [6.45, 7) is 1.93. The van der Waals surface area contributed by atoms with Crippen molar-refractivity contribution in [2.75, 3.05) is 33.4 Å². The normalized spacial score (nSPS) is 17.5. The molecule has 1 atom stereocenters. The van der Waals surface area contributed by atoms with Gasteiger partial charge in [0.2, 0.25) is 0 Å². The fraction of sp³-hybridized carbons (Fsp3) is 0.412. The molecule has 1 saturated heterocycles. The predicted molar refractivity (Wildman–Crippen MR) is 90.5 cm³/mol. The number of hydrogen-bond acceptors (Lipinski definition) is 6. The van der Waals surface area contributed by atoms with Gasteiger partial charge in [0.1, 0.15) is 5.58 Å². The summed E-state index contributed by atoms with van der Waals surface area (Å²) >= 11 is 0. The lowest BCUT2D eigenvalue weighted by Gasteiger charge is -2.31. The van der Waals surface area contributed by atoms with E-state index in [-0.39, 0.29) is 6.04 Å². The molecular weight excluding hydrogens is 328 g/mol. The molecule has 25 heavy (non-hydrogen) atoms. The third kappa shape index (κ3) is 4.03. The van der Waals surface area contributed by atoms with Crippen LogP contribution in [0.25, 0.3) is 11.0 Å². The molecule has 8 nitrogen and oxygen atoms in total. The van der Waals surface area contributed by atoms with Gasteiger partial charge in [-0.05, 0) is 18.6 Å². The first-order valence-electron chi connectivity index (χ1n) is 8.03. The second-order valence-corrected chi connectivity index (χ2v) is 5.81. The van der Waals surface area contributed by atoms with E-state index in [4.69, 9.17) is 19.0 Å². The molecule has 1 aromatic heterocycles. The first-order valence-corrected chi connectivity index (χ1v) is 8.03. The molecule has 0 bridgehead atoms. The Bertz CT molecular complexity index is 818. The number of fused-ring (bicyclic) bond motifs is 1. The van der Waals surface area contributed by atoms with Crippen molar-refractivity contribution in [2.24, 2.45) is 0 Å². The summed E-state index contributed by atoms with van der Waals surface area (Å²) in [6, 6.07) is 6.44. The van der Waals surface area contributed by atoms with E-state index in [1.807, 2.05) is 0 Å². The molecule has 2 heterocycles. The molecule has 0 saturated carbocycles. The molecule has 3 rings (SSSR count). The first-order chi connectivity index (χ1) is 12.1. The third-order valence-electron chi connectivity index (χ3n) is 4.16. The molecule has 8 heteroatoms. The van der Waals surface area contributed by atoms with Crippen LogP contribution in [0.4, 0.5) is 4.79 Å². The lowest BCUT2D eigenvalue weighted by molar-refractivity contribution is 0.124. The Hall–Kier alpha value is -2.74. The SMILES string of the molecule is COc1cc2ccc(=O)oc2cc1OCC[C@@H]1CN(C(=O)O)CCN1. The van der Waals surface area contributed by atoms with Crippen LogP contribution in [0.3, 0.4) is 0 Å². The molecule has 1 fully saturated rings. The quantitative estimate of drug-likeness (QED) is 0.790. The van der Waals surface area contributed by atoms with E-state index >= 15 is 0 Å². The summed E-state index contributed by atoms with van der Waals surface area (Å²) in [6.07, 6.45) is -0.261. The largest absolute Gasteiger partial charge is 0.493 e. The lowest BCUT2D eigenvalue weighted by atomic mass is 10.1. The second-order valence-electron chi connectivity index (χ2n) is 5.81. The molecule has 134 valence electrons. The van der Waals surface area contributed by atoms with Crippen LogP contribution in [0.15, 0.2) is 33.5 Å². The van der Waals surface area contributed by atoms with Crippen molar-refractivity contribution < 1.29 is 23.8 Å². The molecule has 1 aliphatic heterocycles. The standard InChI is InChI=1S/C17H20N2O6/c1-23-14-8-11-2-3-16(20)25-13(11)9-15(14)24-7-4-12-10-19(17(21)22)6-5-18-12/h2-3,8-9,12,18H,4-7,10H2,1H3,(H,21,22)/t12-/m1/s1. The third-order valence-corrected chi connectivity index (χ3v) is 4.16. The van der Waals surface area contributed by atoms with Gasteiger partial charge in [-0.25, -0.2) is 9.59 Å². The molecule has 1 aromatic carbocycles. The number of piperazine rings is 1. The fourth-order valence-electron chi connectivity index (χ4n) is 2.85. The van der Waals surface area contributed by atoms with Crippen molar-refractivity contribution in [3.63, 3.8) is 0 Å². The molecular formula is C17H20N2O6. The molecule has 2 aromatic rings. The number of carbonyl (C=O) groups is 1. The number of benzene rings is 1. The van der Waals surface area contributed by atoms with E-state index in [1.54, 1.807) is 25.3 Å². The highest BCUT2D eigenvalue weighted by Gasteiger charge is 2.22. The maximum atomic E-state index is 11.4. The Morgan fingerprint density at radius 1 is 1.40 bits per heavy atom. The highest BCUT2D eigenvalue weighted by molar-refractivity contribution is 5.80. The Kier molecular flexibility index (Phi) is 5.08. The average Bonchev–Trinajstić information content (AvgIpc) is 2.61. The van der Waals surface area contributed by atoms with Crippen molar-refractivity contribution in [1.29, 1.82) is 0 Å². The molecule has 0 unspecified atom stereocenters. The van der Waals surface area contributed by atoms with Crippen molar-refractivity contribution in [1.82, 2.24) is 10.2 Å². The summed E-state index contributed by atoms with van der Waals surface area (Å²) in [4.78, 5) is 23.8. The molecule has 1 amide bonds. The van der Waals surface area contributed by atoms with Crippen molar-refractivity contribution in [3.8, 4) is 11.5 Å². The summed E-state index contributed by atoms with van der Waals surface area (Å²) < 4.78 is 16.3. The van der Waals surface area contributed by atoms with Crippen molar-refractivity contribution >= 4 is 17.1 Å². The Morgan fingerprint density at radius 3 is 3.00 bits per heavy atom. The second kappa shape index (κ2) is 7.43. The number of ether oxygens (including phenoxy) is 2. The zero-order chi connectivity index (χ0) is 17.8. The number of methoxy groups -OCH3 is 1. The molecule has 0 radical (unpaired) electrons. The van der Waals surface area contributed by atoms with Gasteiger partial charge in [0.15, 0.2) is 11.5 Å². The average molecular weight is 348 g/mol. The number of carboxylic acid groups (broad SMARTS) is 1. The number of rotatable bonds is 5. The number of hydrogen-bond donors (Lipinski definition) is 2. The maximum absolute atomic E-state index is 11.4. The van der Waals surface area contributed by atoms with Gasteiger partial charge in [0.05, 0.1) is 13.7 Å². The van der Waals surface area contributed by atoms with Crippen molar-refractivity contribution in [2.45, 2.75) is 12.5 Å². The van der Waals surface area contributed by atoms with Crippen LogP contribution in [0.5, 0.6) is 11.5 Å². The highest BCUT2D eigenvalue weighted by atomic mass is 16.5. The monoisotopic (exact) mass is 348 g/mol. The molecule has 1 aliphatic rings. The van der Waals surface area contributed by atoms with Crippen LogP contribution in [0.1, 0.15) is 6.42 Å². The minimum Gasteiger partial charge on any atom is -0.493 e. The minimum atomic E-state index is -0.904. The number of amides is 1. The smallest absolute Gasteiger partial charge is 0.407 e. The van der Waals surface area contributed by atoms with Crippen LogP contribution in [0, 0.1) is 0 Å².